The number of morpholine rings is 1. The highest BCUT2D eigenvalue weighted by Crippen LogP contribution is 2.38. The second-order valence-corrected chi connectivity index (χ2v) is 8.03. The van der Waals surface area contributed by atoms with E-state index < -0.39 is 16.8 Å². The summed E-state index contributed by atoms with van der Waals surface area (Å²) in [6.45, 7) is 2.59. The molecule has 1 aliphatic rings. The maximum absolute atomic E-state index is 13.0. The maximum Gasteiger partial charge on any atom is 0.417 e. The zero-order valence-electron chi connectivity index (χ0n) is 17.9. The van der Waals surface area contributed by atoms with Crippen LogP contribution in [0.1, 0.15) is 5.56 Å². The molecule has 1 aromatic heterocycles. The third kappa shape index (κ3) is 5.40. The third-order valence-corrected chi connectivity index (χ3v) is 5.54. The normalized spacial score (nSPS) is 17.2. The average Bonchev–Trinajstić information content (AvgIpc) is 2.76. The fourth-order valence-electron chi connectivity index (χ4n) is 3.55. The summed E-state index contributed by atoms with van der Waals surface area (Å²) >= 11 is 5.84. The lowest BCUT2D eigenvalue weighted by molar-refractivity contribution is -0.137. The van der Waals surface area contributed by atoms with Gasteiger partial charge >= 0.3 is 6.18 Å². The Morgan fingerprint density at radius 3 is 2.73 bits per heavy atom. The molecule has 0 saturated carbocycles. The minimum atomic E-state index is -4.53. The lowest BCUT2D eigenvalue weighted by Crippen LogP contribution is -2.42. The van der Waals surface area contributed by atoms with Gasteiger partial charge in [-0.3, -0.25) is 0 Å². The van der Waals surface area contributed by atoms with E-state index in [1.165, 1.54) is 25.6 Å². The SMILES string of the molecule is COc1cc2ncnc(Nc3ccc(C(F)(F)F)c(Cl)c3)c2cc1OCC1CN(C)CCO1. The number of aromatic nitrogens is 2. The lowest BCUT2D eigenvalue weighted by Gasteiger charge is -2.30. The summed E-state index contributed by atoms with van der Waals surface area (Å²) in [5, 5.41) is 3.21. The number of nitrogens with zero attached hydrogens (tertiary/aromatic N) is 3. The van der Waals surface area contributed by atoms with Crippen molar-refractivity contribution >= 4 is 34.0 Å². The van der Waals surface area contributed by atoms with Crippen molar-refractivity contribution in [3.8, 4) is 11.5 Å². The van der Waals surface area contributed by atoms with Gasteiger partial charge in [0.05, 0.1) is 29.8 Å². The van der Waals surface area contributed by atoms with Gasteiger partial charge in [-0.2, -0.15) is 13.2 Å². The van der Waals surface area contributed by atoms with Crippen molar-refractivity contribution in [2.75, 3.05) is 45.8 Å². The van der Waals surface area contributed by atoms with Crippen LogP contribution in [-0.4, -0.2) is 61.4 Å². The molecule has 1 fully saturated rings. The minimum Gasteiger partial charge on any atom is -0.493 e. The number of hydrogen-bond donors (Lipinski definition) is 1. The quantitative estimate of drug-likeness (QED) is 0.543. The number of rotatable bonds is 6. The van der Waals surface area contributed by atoms with Crippen LogP contribution < -0.4 is 14.8 Å². The number of anilines is 2. The van der Waals surface area contributed by atoms with E-state index in [0.29, 0.717) is 47.1 Å². The Hall–Kier alpha value is -2.82. The van der Waals surface area contributed by atoms with Crippen molar-refractivity contribution in [1.82, 2.24) is 14.9 Å². The van der Waals surface area contributed by atoms with Crippen molar-refractivity contribution in [1.29, 1.82) is 0 Å². The zero-order valence-corrected chi connectivity index (χ0v) is 18.7. The van der Waals surface area contributed by atoms with E-state index >= 15 is 0 Å². The van der Waals surface area contributed by atoms with Crippen LogP contribution in [0.15, 0.2) is 36.7 Å². The highest BCUT2D eigenvalue weighted by molar-refractivity contribution is 6.31. The van der Waals surface area contributed by atoms with Crippen molar-refractivity contribution < 1.29 is 27.4 Å². The summed E-state index contributed by atoms with van der Waals surface area (Å²) in [5.41, 5.74) is 0.0200. The van der Waals surface area contributed by atoms with Crippen LogP contribution >= 0.6 is 11.6 Å². The molecular weight excluding hydrogens is 461 g/mol. The van der Waals surface area contributed by atoms with E-state index in [-0.39, 0.29) is 6.10 Å². The molecule has 33 heavy (non-hydrogen) atoms. The van der Waals surface area contributed by atoms with Crippen LogP contribution in [0.2, 0.25) is 5.02 Å². The van der Waals surface area contributed by atoms with Crippen LogP contribution in [-0.2, 0) is 10.9 Å². The fraction of sp³-hybridized carbons (Fsp3) is 0.364. The van der Waals surface area contributed by atoms with Gasteiger partial charge in [0.25, 0.3) is 0 Å². The summed E-state index contributed by atoms with van der Waals surface area (Å²) in [6, 6.07) is 6.86. The molecule has 1 unspecified atom stereocenters. The summed E-state index contributed by atoms with van der Waals surface area (Å²) in [5.74, 6) is 1.36. The molecule has 2 heterocycles. The Balaban J connectivity index is 1.61. The van der Waals surface area contributed by atoms with Crippen LogP contribution in [0.4, 0.5) is 24.7 Å². The molecule has 2 aromatic carbocycles. The van der Waals surface area contributed by atoms with Crippen molar-refractivity contribution in [2.45, 2.75) is 12.3 Å². The number of likely N-dealkylation sites (N-methyl/N-ethyl adjacent to an activating group) is 1. The molecule has 0 amide bonds. The van der Waals surface area contributed by atoms with E-state index in [0.717, 1.165) is 19.2 Å². The van der Waals surface area contributed by atoms with E-state index in [9.17, 15) is 13.2 Å². The van der Waals surface area contributed by atoms with Gasteiger partial charge in [-0.05, 0) is 31.3 Å². The molecule has 7 nitrogen and oxygen atoms in total. The lowest BCUT2D eigenvalue weighted by atomic mass is 10.1. The van der Waals surface area contributed by atoms with Crippen LogP contribution in [0.25, 0.3) is 10.9 Å². The fourth-order valence-corrected chi connectivity index (χ4v) is 3.83. The van der Waals surface area contributed by atoms with E-state index in [1.54, 1.807) is 12.1 Å². The van der Waals surface area contributed by atoms with Gasteiger partial charge in [0.2, 0.25) is 0 Å². The van der Waals surface area contributed by atoms with Crippen LogP contribution in [0.5, 0.6) is 11.5 Å². The topological polar surface area (TPSA) is 68.7 Å². The van der Waals surface area contributed by atoms with E-state index in [1.807, 2.05) is 7.05 Å². The molecule has 1 N–H and O–H groups in total. The minimum absolute atomic E-state index is 0.0805. The van der Waals surface area contributed by atoms with Crippen molar-refractivity contribution in [3.63, 3.8) is 0 Å². The molecule has 176 valence electrons. The predicted octanol–water partition coefficient (Wildman–Crippen LogP) is 4.76. The Morgan fingerprint density at radius 2 is 2.03 bits per heavy atom. The van der Waals surface area contributed by atoms with Gasteiger partial charge < -0.3 is 24.4 Å². The smallest absolute Gasteiger partial charge is 0.417 e. The standard InChI is InChI=1S/C22H22ClF3N4O3/c1-30-5-6-32-14(10-30)11-33-20-8-15-18(9-19(20)31-2)27-12-28-21(15)29-13-3-4-16(17(23)7-13)22(24,25)26/h3-4,7-9,12,14H,5-6,10-11H2,1-2H3,(H,27,28,29). The number of nitrogens with one attached hydrogen (secondary N) is 1. The number of benzene rings is 2. The first kappa shape index (κ1) is 23.3. The summed E-state index contributed by atoms with van der Waals surface area (Å²) < 4.78 is 56.2. The van der Waals surface area contributed by atoms with E-state index in [2.05, 4.69) is 20.2 Å². The van der Waals surface area contributed by atoms with Crippen molar-refractivity contribution in [3.05, 3.63) is 47.2 Å². The van der Waals surface area contributed by atoms with Crippen molar-refractivity contribution in [2.24, 2.45) is 0 Å². The molecule has 1 aliphatic heterocycles. The first-order valence-electron chi connectivity index (χ1n) is 10.1. The van der Waals surface area contributed by atoms with E-state index in [4.69, 9.17) is 25.8 Å². The highest BCUT2D eigenvalue weighted by Gasteiger charge is 2.33. The van der Waals surface area contributed by atoms with Gasteiger partial charge in [0.15, 0.2) is 11.5 Å². The molecule has 1 atom stereocenters. The first-order chi connectivity index (χ1) is 15.7. The predicted molar refractivity (Wildman–Crippen MR) is 119 cm³/mol. The number of methoxy groups -OCH3 is 1. The second kappa shape index (κ2) is 9.58. The monoisotopic (exact) mass is 482 g/mol. The third-order valence-electron chi connectivity index (χ3n) is 5.22. The Labute approximate surface area is 193 Å². The highest BCUT2D eigenvalue weighted by atomic mass is 35.5. The second-order valence-electron chi connectivity index (χ2n) is 7.63. The van der Waals surface area contributed by atoms with Crippen LogP contribution in [0.3, 0.4) is 0 Å². The molecule has 0 aliphatic carbocycles. The molecule has 4 rings (SSSR count). The van der Waals surface area contributed by atoms with Gasteiger partial charge in [-0.25, -0.2) is 9.97 Å². The molecule has 0 bridgehead atoms. The number of alkyl halides is 3. The molecular formula is C22H22ClF3N4O3. The average molecular weight is 483 g/mol. The Kier molecular flexibility index (Phi) is 6.78. The van der Waals surface area contributed by atoms with Gasteiger partial charge in [-0.1, -0.05) is 11.6 Å². The molecule has 0 radical (unpaired) electrons. The zero-order chi connectivity index (χ0) is 23.6. The summed E-state index contributed by atoms with van der Waals surface area (Å²) in [7, 11) is 3.55. The van der Waals surface area contributed by atoms with Gasteiger partial charge in [-0.15, -0.1) is 0 Å². The maximum atomic E-state index is 13.0. The van der Waals surface area contributed by atoms with Gasteiger partial charge in [0.1, 0.15) is 24.9 Å². The number of halogens is 4. The summed E-state index contributed by atoms with van der Waals surface area (Å²) in [6.07, 6.45) is -3.26. The summed E-state index contributed by atoms with van der Waals surface area (Å²) in [4.78, 5) is 10.7. The van der Waals surface area contributed by atoms with Crippen LogP contribution in [0, 0.1) is 0 Å². The first-order valence-corrected chi connectivity index (χ1v) is 10.5. The molecule has 0 spiro atoms. The Bertz CT molecular complexity index is 1150. The number of hydrogen-bond acceptors (Lipinski definition) is 7. The number of fused-ring (bicyclic) bond motifs is 1. The largest absolute Gasteiger partial charge is 0.493 e. The molecule has 11 heteroatoms. The Morgan fingerprint density at radius 1 is 1.21 bits per heavy atom. The van der Waals surface area contributed by atoms with Gasteiger partial charge in [0, 0.05) is 30.2 Å². The molecule has 3 aromatic rings. The number of ether oxygens (including phenoxy) is 3. The molecule has 1 saturated heterocycles.